The van der Waals surface area contributed by atoms with Crippen LogP contribution in [-0.4, -0.2) is 36.0 Å². The first-order valence-electron chi connectivity index (χ1n) is 12.3. The van der Waals surface area contributed by atoms with Crippen molar-refractivity contribution in [3.05, 3.63) is 65.7 Å². The van der Waals surface area contributed by atoms with Gasteiger partial charge < -0.3 is 10.3 Å². The van der Waals surface area contributed by atoms with Gasteiger partial charge in [0.25, 0.3) is 0 Å². The molecule has 7 rings (SSSR count). The van der Waals surface area contributed by atoms with E-state index in [2.05, 4.69) is 53.4 Å². The van der Waals surface area contributed by atoms with Gasteiger partial charge >= 0.3 is 0 Å². The number of fused-ring (bicyclic) bond motifs is 2. The lowest BCUT2D eigenvalue weighted by molar-refractivity contribution is -0.119. The summed E-state index contributed by atoms with van der Waals surface area (Å²) >= 11 is 1.67. The largest absolute Gasteiger partial charge is 0.337 e. The molecule has 0 bridgehead atoms. The highest BCUT2D eigenvalue weighted by atomic mass is 32.1. The molecule has 0 atom stereocenters. The summed E-state index contributed by atoms with van der Waals surface area (Å²) in [5.41, 5.74) is 7.94. The van der Waals surface area contributed by atoms with E-state index in [1.807, 2.05) is 24.3 Å². The molecule has 1 saturated carbocycles. The number of amides is 1. The number of thiophene rings is 1. The third-order valence-electron chi connectivity index (χ3n) is 7.06. The van der Waals surface area contributed by atoms with Crippen molar-refractivity contribution < 1.29 is 4.79 Å². The van der Waals surface area contributed by atoms with E-state index in [1.165, 1.54) is 0 Å². The van der Waals surface area contributed by atoms with Crippen molar-refractivity contribution in [3.8, 4) is 33.8 Å². The van der Waals surface area contributed by atoms with Gasteiger partial charge in [0, 0.05) is 35.0 Å². The summed E-state index contributed by atoms with van der Waals surface area (Å²) in [6.45, 7) is 0. The molecule has 0 unspecified atom stereocenters. The van der Waals surface area contributed by atoms with Crippen LogP contribution >= 0.6 is 11.3 Å². The van der Waals surface area contributed by atoms with Crippen LogP contribution in [0.5, 0.6) is 0 Å². The van der Waals surface area contributed by atoms with Gasteiger partial charge in [-0.3, -0.25) is 14.9 Å². The number of hydrogen-bond donors (Lipinski definition) is 3. The Morgan fingerprint density at radius 2 is 1.92 bits per heavy atom. The predicted molar refractivity (Wildman–Crippen MR) is 146 cm³/mol. The molecular weight excluding hydrogens is 482 g/mol. The summed E-state index contributed by atoms with van der Waals surface area (Å²) in [5.74, 6) is 0.878. The molecule has 1 fully saturated rings. The van der Waals surface area contributed by atoms with Crippen molar-refractivity contribution in [2.75, 3.05) is 5.32 Å². The molecule has 1 aliphatic rings. The number of anilines is 1. The van der Waals surface area contributed by atoms with E-state index >= 15 is 0 Å². The van der Waals surface area contributed by atoms with Crippen LogP contribution in [0.2, 0.25) is 0 Å². The van der Waals surface area contributed by atoms with Crippen molar-refractivity contribution in [3.63, 3.8) is 0 Å². The van der Waals surface area contributed by atoms with E-state index in [1.54, 1.807) is 29.9 Å². The van der Waals surface area contributed by atoms with Gasteiger partial charge in [-0.1, -0.05) is 25.0 Å². The lowest BCUT2D eigenvalue weighted by Crippen LogP contribution is -2.20. The monoisotopic (exact) mass is 505 g/mol. The van der Waals surface area contributed by atoms with E-state index in [-0.39, 0.29) is 11.8 Å². The molecule has 0 spiro atoms. The third kappa shape index (κ3) is 3.97. The highest BCUT2D eigenvalue weighted by molar-refractivity contribution is 7.08. The maximum atomic E-state index is 12.6. The van der Waals surface area contributed by atoms with Crippen molar-refractivity contribution >= 4 is 45.0 Å². The molecular formula is C28H23N7OS. The number of aromatic nitrogens is 6. The number of benzene rings is 1. The Balaban J connectivity index is 1.25. The maximum absolute atomic E-state index is 12.6. The second kappa shape index (κ2) is 8.94. The van der Waals surface area contributed by atoms with E-state index in [9.17, 15) is 4.79 Å². The van der Waals surface area contributed by atoms with Gasteiger partial charge in [0.1, 0.15) is 5.69 Å². The molecule has 5 heterocycles. The minimum atomic E-state index is 0.0776. The summed E-state index contributed by atoms with van der Waals surface area (Å²) in [6, 6.07) is 12.2. The lowest BCUT2D eigenvalue weighted by atomic mass is 10.1. The van der Waals surface area contributed by atoms with Gasteiger partial charge in [0.2, 0.25) is 5.91 Å². The molecule has 0 aliphatic heterocycles. The summed E-state index contributed by atoms with van der Waals surface area (Å²) < 4.78 is 0. The summed E-state index contributed by atoms with van der Waals surface area (Å²) in [6.07, 6.45) is 9.40. The number of nitrogens with one attached hydrogen (secondary N) is 3. The number of hydrogen-bond acceptors (Lipinski definition) is 6. The van der Waals surface area contributed by atoms with Gasteiger partial charge in [-0.25, -0.2) is 9.97 Å². The number of carbonyl (C=O) groups is 1. The maximum Gasteiger partial charge on any atom is 0.227 e. The molecule has 1 amide bonds. The number of aromatic amines is 2. The first kappa shape index (κ1) is 21.9. The number of imidazole rings is 1. The zero-order valence-corrected chi connectivity index (χ0v) is 20.7. The summed E-state index contributed by atoms with van der Waals surface area (Å²) in [7, 11) is 0. The van der Waals surface area contributed by atoms with Crippen LogP contribution in [0.15, 0.2) is 65.7 Å². The Morgan fingerprint density at radius 3 is 2.78 bits per heavy atom. The second-order valence-corrected chi connectivity index (χ2v) is 10.2. The molecule has 37 heavy (non-hydrogen) atoms. The fraction of sp³-hybridized carbons (Fsp3) is 0.179. The topological polar surface area (TPSA) is 112 Å². The van der Waals surface area contributed by atoms with Crippen LogP contribution in [0.1, 0.15) is 25.7 Å². The molecule has 5 aromatic heterocycles. The number of H-pyrrole nitrogens is 2. The van der Waals surface area contributed by atoms with Gasteiger partial charge in [-0.05, 0) is 53.4 Å². The fourth-order valence-electron chi connectivity index (χ4n) is 5.14. The van der Waals surface area contributed by atoms with Crippen LogP contribution in [0, 0.1) is 5.92 Å². The van der Waals surface area contributed by atoms with Crippen molar-refractivity contribution in [2.24, 2.45) is 5.92 Å². The number of nitrogens with zero attached hydrogens (tertiary/aromatic N) is 4. The molecule has 0 radical (unpaired) electrons. The standard InChI is InChI=1S/C28H23N7OS/c36-28(16-4-1-2-5-16)31-20-10-18(12-29-14-20)19-11-22-25(34-35-26(22)30-13-19)27-32-23-7-3-6-21(24(23)33-27)17-8-9-37-15-17/h3,6-16H,1-2,4-5H2,(H,31,36)(H,32,33)(H,30,34,35). The smallest absolute Gasteiger partial charge is 0.227 e. The minimum Gasteiger partial charge on any atom is -0.337 e. The molecule has 9 heteroatoms. The summed E-state index contributed by atoms with van der Waals surface area (Å²) in [4.78, 5) is 29.9. The molecule has 1 aliphatic carbocycles. The van der Waals surface area contributed by atoms with Gasteiger partial charge in [-0.15, -0.1) is 0 Å². The minimum absolute atomic E-state index is 0.0776. The predicted octanol–water partition coefficient (Wildman–Crippen LogP) is 6.42. The Bertz CT molecular complexity index is 1750. The Morgan fingerprint density at radius 1 is 1.03 bits per heavy atom. The van der Waals surface area contributed by atoms with Crippen LogP contribution in [-0.2, 0) is 4.79 Å². The Labute approximate surface area is 216 Å². The van der Waals surface area contributed by atoms with Gasteiger partial charge in [-0.2, -0.15) is 16.4 Å². The van der Waals surface area contributed by atoms with E-state index < -0.39 is 0 Å². The molecule has 6 aromatic rings. The molecule has 8 nitrogen and oxygen atoms in total. The van der Waals surface area contributed by atoms with Gasteiger partial charge in [0.05, 0.1) is 28.3 Å². The number of para-hydroxylation sites is 1. The van der Waals surface area contributed by atoms with Gasteiger partial charge in [0.15, 0.2) is 11.5 Å². The zero-order valence-electron chi connectivity index (χ0n) is 19.9. The molecule has 3 N–H and O–H groups in total. The third-order valence-corrected chi connectivity index (χ3v) is 7.74. The molecule has 1 aromatic carbocycles. The Kier molecular flexibility index (Phi) is 5.28. The average molecular weight is 506 g/mol. The van der Waals surface area contributed by atoms with Crippen molar-refractivity contribution in [2.45, 2.75) is 25.7 Å². The van der Waals surface area contributed by atoms with E-state index in [4.69, 9.17) is 4.98 Å². The van der Waals surface area contributed by atoms with Crippen molar-refractivity contribution in [1.29, 1.82) is 0 Å². The first-order valence-corrected chi connectivity index (χ1v) is 13.3. The highest BCUT2D eigenvalue weighted by Crippen LogP contribution is 2.33. The van der Waals surface area contributed by atoms with Crippen molar-refractivity contribution in [1.82, 2.24) is 30.1 Å². The lowest BCUT2D eigenvalue weighted by Gasteiger charge is -2.11. The average Bonchev–Trinajstić information content (AvgIpc) is 3.74. The van der Waals surface area contributed by atoms with Crippen LogP contribution < -0.4 is 5.32 Å². The van der Waals surface area contributed by atoms with Crippen LogP contribution in [0.25, 0.3) is 55.8 Å². The number of carbonyl (C=O) groups excluding carboxylic acids is 1. The number of pyridine rings is 2. The SMILES string of the molecule is O=C(Nc1cncc(-c2cnc3n[nH]c(-c4nc5c(-c6ccsc6)cccc5[nH]4)c3c2)c1)C1CCCC1. The Hall–Kier alpha value is -4.37. The second-order valence-electron chi connectivity index (χ2n) is 9.43. The molecule has 182 valence electrons. The molecule has 0 saturated heterocycles. The zero-order chi connectivity index (χ0) is 24.8. The summed E-state index contributed by atoms with van der Waals surface area (Å²) in [5, 5.41) is 15.6. The quantitative estimate of drug-likeness (QED) is 0.250. The van der Waals surface area contributed by atoms with Crippen LogP contribution in [0.3, 0.4) is 0 Å². The number of rotatable bonds is 5. The fourth-order valence-corrected chi connectivity index (χ4v) is 5.79. The highest BCUT2D eigenvalue weighted by Gasteiger charge is 2.23. The normalized spacial score (nSPS) is 14.1. The van der Waals surface area contributed by atoms with E-state index in [0.29, 0.717) is 17.2 Å². The van der Waals surface area contributed by atoms with Crippen LogP contribution in [0.4, 0.5) is 5.69 Å². The first-order chi connectivity index (χ1) is 18.2. The van der Waals surface area contributed by atoms with E-state index in [0.717, 1.165) is 70.1 Å².